The Bertz CT molecular complexity index is 1400. The molecule has 1 aliphatic heterocycles. The number of nitrogens with zero attached hydrogens (tertiary/aromatic N) is 5. The molecule has 2 heterocycles. The summed E-state index contributed by atoms with van der Waals surface area (Å²) in [6, 6.07) is 27.7. The van der Waals surface area contributed by atoms with Crippen LogP contribution in [0.5, 0.6) is 11.5 Å². The number of hydrogen-bond donors (Lipinski definition) is 0. The summed E-state index contributed by atoms with van der Waals surface area (Å²) in [7, 11) is 1.61. The Morgan fingerprint density at radius 3 is 2.41 bits per heavy atom. The van der Waals surface area contributed by atoms with Crippen LogP contribution in [-0.4, -0.2) is 48.2 Å². The molecule has 186 valence electrons. The minimum Gasteiger partial charge on any atom is -0.493 e. The van der Waals surface area contributed by atoms with E-state index in [9.17, 15) is 5.26 Å². The second-order valence-electron chi connectivity index (χ2n) is 8.45. The lowest BCUT2D eigenvalue weighted by molar-refractivity contribution is 0.122. The van der Waals surface area contributed by atoms with Gasteiger partial charge in [-0.3, -0.25) is 4.57 Å². The molecule has 1 aliphatic rings. The van der Waals surface area contributed by atoms with Gasteiger partial charge in [-0.2, -0.15) is 5.26 Å². The molecule has 1 aromatic heterocycles. The van der Waals surface area contributed by atoms with Crippen LogP contribution in [0.1, 0.15) is 17.0 Å². The molecule has 3 aromatic carbocycles. The van der Waals surface area contributed by atoms with Crippen molar-refractivity contribution in [3.63, 3.8) is 0 Å². The number of hydrogen-bond acceptors (Lipinski definition) is 7. The number of rotatable bonds is 8. The number of allylic oxidation sites excluding steroid dienone is 1. The molecule has 0 aliphatic carbocycles. The topological polar surface area (TPSA) is 85.4 Å². The van der Waals surface area contributed by atoms with Gasteiger partial charge in [0.15, 0.2) is 17.3 Å². The molecular weight excluding hydrogens is 466 g/mol. The molecule has 8 nitrogen and oxygen atoms in total. The number of morpholine rings is 1. The molecule has 0 N–H and O–H groups in total. The van der Waals surface area contributed by atoms with Gasteiger partial charge in [0.2, 0.25) is 5.95 Å². The Morgan fingerprint density at radius 1 is 0.973 bits per heavy atom. The van der Waals surface area contributed by atoms with Crippen molar-refractivity contribution in [1.29, 1.82) is 5.26 Å². The third-order valence-electron chi connectivity index (χ3n) is 6.05. The second kappa shape index (κ2) is 11.4. The summed E-state index contributed by atoms with van der Waals surface area (Å²) in [4.78, 5) is 2.13. The highest BCUT2D eigenvalue weighted by atomic mass is 16.5. The van der Waals surface area contributed by atoms with Gasteiger partial charge >= 0.3 is 0 Å². The van der Waals surface area contributed by atoms with E-state index >= 15 is 0 Å². The van der Waals surface area contributed by atoms with Crippen LogP contribution in [0.25, 0.3) is 17.3 Å². The Balaban J connectivity index is 1.51. The largest absolute Gasteiger partial charge is 0.493 e. The lowest BCUT2D eigenvalue weighted by Crippen LogP contribution is -2.38. The first-order valence-electron chi connectivity index (χ1n) is 12.1. The molecule has 1 fully saturated rings. The maximum absolute atomic E-state index is 10.2. The summed E-state index contributed by atoms with van der Waals surface area (Å²) in [6.45, 7) is 3.06. The number of methoxy groups -OCH3 is 1. The number of nitriles is 1. The van der Waals surface area contributed by atoms with Crippen LogP contribution < -0.4 is 14.4 Å². The van der Waals surface area contributed by atoms with Crippen molar-refractivity contribution in [2.24, 2.45) is 0 Å². The summed E-state index contributed by atoms with van der Waals surface area (Å²) in [5, 5.41) is 19.1. The molecule has 37 heavy (non-hydrogen) atoms. The van der Waals surface area contributed by atoms with E-state index in [1.807, 2.05) is 83.4 Å². The standard InChI is InChI=1S/C29H27N5O3/c1-35-26-13-12-23(19-27(26)37-21-22-8-4-2-5-9-22)18-24(20-30)28-31-32-29(33-14-16-36-17-15-33)34(28)25-10-6-3-7-11-25/h2-13,18-19H,14-17,21H2,1H3. The molecule has 0 bridgehead atoms. The van der Waals surface area contributed by atoms with Gasteiger partial charge < -0.3 is 19.1 Å². The van der Waals surface area contributed by atoms with Gasteiger partial charge in [0, 0.05) is 13.1 Å². The number of anilines is 1. The van der Waals surface area contributed by atoms with Crippen LogP contribution >= 0.6 is 0 Å². The molecule has 0 amide bonds. The van der Waals surface area contributed by atoms with Gasteiger partial charge in [-0.25, -0.2) is 0 Å². The summed E-state index contributed by atoms with van der Waals surface area (Å²) >= 11 is 0. The van der Waals surface area contributed by atoms with Crippen molar-refractivity contribution < 1.29 is 14.2 Å². The van der Waals surface area contributed by atoms with Crippen LogP contribution in [0, 0.1) is 11.3 Å². The SMILES string of the molecule is COc1ccc(C=C(C#N)c2nnc(N3CCOCC3)n2-c2ccccc2)cc1OCc1ccccc1. The van der Waals surface area contributed by atoms with E-state index in [2.05, 4.69) is 21.2 Å². The van der Waals surface area contributed by atoms with Crippen LogP contribution in [-0.2, 0) is 11.3 Å². The minimum atomic E-state index is 0.384. The first kappa shape index (κ1) is 24.1. The van der Waals surface area contributed by atoms with Crippen LogP contribution in [0.3, 0.4) is 0 Å². The Hall–Kier alpha value is -4.61. The maximum Gasteiger partial charge on any atom is 0.232 e. The van der Waals surface area contributed by atoms with Crippen molar-refractivity contribution in [3.8, 4) is 23.3 Å². The van der Waals surface area contributed by atoms with Crippen LogP contribution in [0.15, 0.2) is 78.9 Å². The second-order valence-corrected chi connectivity index (χ2v) is 8.45. The van der Waals surface area contributed by atoms with E-state index < -0.39 is 0 Å². The number of ether oxygens (including phenoxy) is 3. The zero-order chi connectivity index (χ0) is 25.5. The zero-order valence-electron chi connectivity index (χ0n) is 20.6. The molecule has 8 heteroatoms. The van der Waals surface area contributed by atoms with Crippen molar-refractivity contribution in [1.82, 2.24) is 14.8 Å². The van der Waals surface area contributed by atoms with Gasteiger partial charge in [0.05, 0.1) is 31.6 Å². The maximum atomic E-state index is 10.2. The van der Waals surface area contributed by atoms with E-state index in [1.54, 1.807) is 13.2 Å². The molecule has 0 spiro atoms. The first-order valence-corrected chi connectivity index (χ1v) is 12.1. The monoisotopic (exact) mass is 493 g/mol. The molecular formula is C29H27N5O3. The van der Waals surface area contributed by atoms with Crippen molar-refractivity contribution in [3.05, 3.63) is 95.8 Å². The minimum absolute atomic E-state index is 0.384. The van der Waals surface area contributed by atoms with Crippen LogP contribution in [0.4, 0.5) is 5.95 Å². The molecule has 4 aromatic rings. The van der Waals surface area contributed by atoms with Crippen molar-refractivity contribution in [2.45, 2.75) is 6.61 Å². The van der Waals surface area contributed by atoms with Gasteiger partial charge in [0.25, 0.3) is 0 Å². The smallest absolute Gasteiger partial charge is 0.232 e. The van der Waals surface area contributed by atoms with E-state index in [0.29, 0.717) is 61.8 Å². The number of benzene rings is 3. The first-order chi connectivity index (χ1) is 18.3. The predicted molar refractivity (Wildman–Crippen MR) is 142 cm³/mol. The fourth-order valence-corrected chi connectivity index (χ4v) is 4.18. The van der Waals surface area contributed by atoms with E-state index in [0.717, 1.165) is 16.8 Å². The van der Waals surface area contributed by atoms with Crippen molar-refractivity contribution >= 4 is 17.6 Å². The van der Waals surface area contributed by atoms with Crippen LogP contribution in [0.2, 0.25) is 0 Å². The summed E-state index contributed by atoms with van der Waals surface area (Å²) in [5.74, 6) is 2.37. The number of para-hydroxylation sites is 1. The third-order valence-corrected chi connectivity index (χ3v) is 6.05. The van der Waals surface area contributed by atoms with E-state index in [4.69, 9.17) is 14.2 Å². The highest BCUT2D eigenvalue weighted by Gasteiger charge is 2.23. The normalized spacial score (nSPS) is 13.7. The number of aromatic nitrogens is 3. The Labute approximate surface area is 216 Å². The Morgan fingerprint density at radius 2 is 1.70 bits per heavy atom. The molecule has 0 atom stereocenters. The molecule has 1 saturated heterocycles. The van der Waals surface area contributed by atoms with Gasteiger partial charge in [-0.1, -0.05) is 54.6 Å². The van der Waals surface area contributed by atoms with Gasteiger partial charge in [0.1, 0.15) is 12.7 Å². The molecule has 0 radical (unpaired) electrons. The van der Waals surface area contributed by atoms with Gasteiger partial charge in [-0.15, -0.1) is 10.2 Å². The summed E-state index contributed by atoms with van der Waals surface area (Å²) in [6.07, 6.45) is 1.79. The summed E-state index contributed by atoms with van der Waals surface area (Å²) in [5.41, 5.74) is 3.10. The van der Waals surface area contributed by atoms with E-state index in [1.165, 1.54) is 0 Å². The third kappa shape index (κ3) is 5.47. The highest BCUT2D eigenvalue weighted by molar-refractivity contribution is 5.88. The average molecular weight is 494 g/mol. The quantitative estimate of drug-likeness (QED) is 0.327. The lowest BCUT2D eigenvalue weighted by atomic mass is 10.1. The lowest BCUT2D eigenvalue weighted by Gasteiger charge is -2.28. The summed E-state index contributed by atoms with van der Waals surface area (Å²) < 4.78 is 19.0. The molecule has 0 saturated carbocycles. The van der Waals surface area contributed by atoms with E-state index in [-0.39, 0.29) is 0 Å². The highest BCUT2D eigenvalue weighted by Crippen LogP contribution is 2.31. The van der Waals surface area contributed by atoms with Crippen molar-refractivity contribution in [2.75, 3.05) is 38.3 Å². The molecule has 0 unspecified atom stereocenters. The molecule has 5 rings (SSSR count). The average Bonchev–Trinajstić information content (AvgIpc) is 3.41. The predicted octanol–water partition coefficient (Wildman–Crippen LogP) is 4.76. The zero-order valence-corrected chi connectivity index (χ0v) is 20.6. The Kier molecular flexibility index (Phi) is 7.44. The fourth-order valence-electron chi connectivity index (χ4n) is 4.18. The fraction of sp³-hybridized carbons (Fsp3) is 0.207. The van der Waals surface area contributed by atoms with Gasteiger partial charge in [-0.05, 0) is 41.5 Å².